The predicted octanol–water partition coefficient (Wildman–Crippen LogP) is 6.30. The van der Waals surface area contributed by atoms with Crippen molar-refractivity contribution in [2.75, 3.05) is 12.0 Å². The number of aryl methyl sites for hydroxylation is 3. The maximum Gasteiger partial charge on any atom is 0.308 e. The van der Waals surface area contributed by atoms with Gasteiger partial charge in [-0.25, -0.2) is 0 Å². The second-order valence-electron chi connectivity index (χ2n) is 10.2. The summed E-state index contributed by atoms with van der Waals surface area (Å²) < 4.78 is 10.8. The van der Waals surface area contributed by atoms with Gasteiger partial charge in [0.05, 0.1) is 18.7 Å². The number of aliphatic hydroxyl groups is 1. The lowest BCUT2D eigenvalue weighted by molar-refractivity contribution is -0.132. The van der Waals surface area contributed by atoms with Crippen molar-refractivity contribution >= 4 is 29.1 Å². The van der Waals surface area contributed by atoms with Gasteiger partial charge < -0.3 is 14.6 Å². The van der Waals surface area contributed by atoms with Crippen molar-refractivity contribution < 1.29 is 29.0 Å². The number of amides is 1. The molecular weight excluding hydrogens is 494 g/mol. The number of ether oxygens (including phenoxy) is 2. The molecule has 0 radical (unpaired) electrons. The van der Waals surface area contributed by atoms with Crippen LogP contribution in [0.15, 0.2) is 60.2 Å². The summed E-state index contributed by atoms with van der Waals surface area (Å²) in [6.07, 6.45) is 0. The van der Waals surface area contributed by atoms with Gasteiger partial charge in [-0.3, -0.25) is 19.3 Å². The largest absolute Gasteiger partial charge is 0.507 e. The Hall–Kier alpha value is -4.39. The van der Waals surface area contributed by atoms with Crippen molar-refractivity contribution in [3.63, 3.8) is 0 Å². The van der Waals surface area contributed by atoms with E-state index in [9.17, 15) is 19.5 Å². The minimum absolute atomic E-state index is 0.0406. The molecular formula is C32H33NO6. The molecule has 202 valence electrons. The molecule has 1 aliphatic heterocycles. The minimum atomic E-state index is -0.952. The summed E-state index contributed by atoms with van der Waals surface area (Å²) >= 11 is 0. The Kier molecular flexibility index (Phi) is 7.63. The number of esters is 1. The molecule has 1 saturated heterocycles. The van der Waals surface area contributed by atoms with Gasteiger partial charge in [-0.2, -0.15) is 0 Å². The molecule has 0 saturated carbocycles. The fourth-order valence-electron chi connectivity index (χ4n) is 4.93. The molecule has 1 unspecified atom stereocenters. The van der Waals surface area contributed by atoms with E-state index in [4.69, 9.17) is 9.47 Å². The molecule has 4 rings (SSSR count). The molecule has 7 heteroatoms. The number of ketones is 1. The summed E-state index contributed by atoms with van der Waals surface area (Å²) in [6, 6.07) is 14.9. The fourth-order valence-corrected chi connectivity index (χ4v) is 4.93. The molecule has 0 aliphatic carbocycles. The smallest absolute Gasteiger partial charge is 0.308 e. The zero-order chi connectivity index (χ0) is 28.6. The van der Waals surface area contributed by atoms with Crippen LogP contribution in [0.3, 0.4) is 0 Å². The summed E-state index contributed by atoms with van der Waals surface area (Å²) in [5.74, 6) is -1.28. The van der Waals surface area contributed by atoms with Gasteiger partial charge in [0.25, 0.3) is 11.7 Å². The minimum Gasteiger partial charge on any atom is -0.507 e. The SMILES string of the molecule is COc1cc(C)c(/C(O)=C2\C(=O)C(=O)N(c3ccc(C)c(C)c3)C2c2cccc(OC(C)=O)c2)cc1C(C)C. The van der Waals surface area contributed by atoms with Gasteiger partial charge in [0.15, 0.2) is 0 Å². The Labute approximate surface area is 228 Å². The third-order valence-electron chi connectivity index (χ3n) is 7.10. The molecule has 0 spiro atoms. The van der Waals surface area contributed by atoms with Gasteiger partial charge >= 0.3 is 5.97 Å². The molecule has 1 aliphatic rings. The van der Waals surface area contributed by atoms with E-state index in [-0.39, 0.29) is 23.0 Å². The highest BCUT2D eigenvalue weighted by Crippen LogP contribution is 2.44. The standard InChI is InChI=1S/C32H33NO6/c1-17(2)25-16-26(20(5)14-27(25)38-7)30(35)28-29(22-9-8-10-24(15-22)39-21(6)34)33(32(37)31(28)36)23-12-11-18(3)19(4)13-23/h8-17,29,35H,1-7H3/b30-28+. The highest BCUT2D eigenvalue weighted by molar-refractivity contribution is 6.51. The van der Waals surface area contributed by atoms with Gasteiger partial charge in [0.1, 0.15) is 17.3 Å². The van der Waals surface area contributed by atoms with Crippen LogP contribution in [0, 0.1) is 20.8 Å². The van der Waals surface area contributed by atoms with E-state index < -0.39 is 23.7 Å². The number of hydrogen-bond donors (Lipinski definition) is 1. The third kappa shape index (κ3) is 5.17. The Morgan fingerprint density at radius 2 is 1.67 bits per heavy atom. The second kappa shape index (κ2) is 10.8. The lowest BCUT2D eigenvalue weighted by Gasteiger charge is -2.26. The molecule has 3 aromatic rings. The van der Waals surface area contributed by atoms with Crippen LogP contribution in [-0.4, -0.2) is 29.9 Å². The van der Waals surface area contributed by atoms with Gasteiger partial charge in [-0.05, 0) is 90.9 Å². The summed E-state index contributed by atoms with van der Waals surface area (Å²) in [7, 11) is 1.59. The molecule has 1 atom stereocenters. The van der Waals surface area contributed by atoms with Crippen molar-refractivity contribution in [1.82, 2.24) is 0 Å². The Bertz CT molecular complexity index is 1520. The average molecular weight is 528 g/mol. The number of nitrogens with zero attached hydrogens (tertiary/aromatic N) is 1. The monoisotopic (exact) mass is 527 g/mol. The first-order valence-corrected chi connectivity index (χ1v) is 12.8. The summed E-state index contributed by atoms with van der Waals surface area (Å²) in [5, 5.41) is 11.7. The van der Waals surface area contributed by atoms with Crippen LogP contribution >= 0.6 is 0 Å². The van der Waals surface area contributed by atoms with Gasteiger partial charge in [0, 0.05) is 18.2 Å². The number of hydrogen-bond acceptors (Lipinski definition) is 6. The van der Waals surface area contributed by atoms with Gasteiger partial charge in [0.2, 0.25) is 0 Å². The number of aliphatic hydroxyl groups excluding tert-OH is 1. The molecule has 7 nitrogen and oxygen atoms in total. The summed E-state index contributed by atoms with van der Waals surface area (Å²) in [5.41, 5.74) is 4.99. The molecule has 1 fully saturated rings. The van der Waals surface area contributed by atoms with E-state index in [1.54, 1.807) is 37.4 Å². The zero-order valence-electron chi connectivity index (χ0n) is 23.3. The Balaban J connectivity index is 2.00. The highest BCUT2D eigenvalue weighted by Gasteiger charge is 2.47. The molecule has 0 aromatic heterocycles. The number of Topliss-reactive ketones (excluding diaryl/α,β-unsaturated/α-hetero) is 1. The number of benzene rings is 3. The van der Waals surface area contributed by atoms with E-state index in [1.165, 1.54) is 11.8 Å². The molecule has 39 heavy (non-hydrogen) atoms. The van der Waals surface area contributed by atoms with Gasteiger partial charge in [-0.15, -0.1) is 0 Å². The predicted molar refractivity (Wildman–Crippen MR) is 150 cm³/mol. The molecule has 3 aromatic carbocycles. The van der Waals surface area contributed by atoms with Crippen LogP contribution in [0.25, 0.3) is 5.76 Å². The first-order chi connectivity index (χ1) is 18.4. The van der Waals surface area contributed by atoms with Crippen molar-refractivity contribution in [2.45, 2.75) is 53.5 Å². The van der Waals surface area contributed by atoms with Crippen molar-refractivity contribution in [3.05, 3.63) is 93.6 Å². The average Bonchev–Trinajstić information content (AvgIpc) is 3.15. The number of carbonyl (C=O) groups excluding carboxylic acids is 3. The van der Waals surface area contributed by atoms with E-state index >= 15 is 0 Å². The summed E-state index contributed by atoms with van der Waals surface area (Å²) in [6.45, 7) is 11.0. The normalized spacial score (nSPS) is 16.6. The van der Waals surface area contributed by atoms with Crippen LogP contribution in [0.2, 0.25) is 0 Å². The maximum atomic E-state index is 13.6. The molecule has 1 amide bonds. The highest BCUT2D eigenvalue weighted by atomic mass is 16.5. The quantitative estimate of drug-likeness (QED) is 0.133. The lowest BCUT2D eigenvalue weighted by atomic mass is 9.91. The Morgan fingerprint density at radius 3 is 2.28 bits per heavy atom. The van der Waals surface area contributed by atoms with Crippen LogP contribution in [0.4, 0.5) is 5.69 Å². The van der Waals surface area contributed by atoms with Gasteiger partial charge in [-0.1, -0.05) is 32.0 Å². The molecule has 0 bridgehead atoms. The maximum absolute atomic E-state index is 13.6. The fraction of sp³-hybridized carbons (Fsp3) is 0.281. The zero-order valence-corrected chi connectivity index (χ0v) is 23.3. The van der Waals surface area contributed by atoms with Crippen LogP contribution < -0.4 is 14.4 Å². The van der Waals surface area contributed by atoms with Crippen LogP contribution in [-0.2, 0) is 14.4 Å². The summed E-state index contributed by atoms with van der Waals surface area (Å²) in [4.78, 5) is 40.3. The van der Waals surface area contributed by atoms with E-state index in [0.717, 1.165) is 16.7 Å². The first kappa shape index (κ1) is 27.6. The van der Waals surface area contributed by atoms with Crippen molar-refractivity contribution in [2.24, 2.45) is 0 Å². The topological polar surface area (TPSA) is 93.1 Å². The van der Waals surface area contributed by atoms with Crippen molar-refractivity contribution in [3.8, 4) is 11.5 Å². The van der Waals surface area contributed by atoms with E-state index in [2.05, 4.69) is 0 Å². The number of rotatable bonds is 6. The van der Waals surface area contributed by atoms with Crippen LogP contribution in [0.5, 0.6) is 11.5 Å². The Morgan fingerprint density at radius 1 is 0.949 bits per heavy atom. The van der Waals surface area contributed by atoms with E-state index in [0.29, 0.717) is 28.1 Å². The number of methoxy groups -OCH3 is 1. The molecule has 1 heterocycles. The van der Waals surface area contributed by atoms with E-state index in [1.807, 2.05) is 58.9 Å². The number of anilines is 1. The third-order valence-corrected chi connectivity index (χ3v) is 7.10. The first-order valence-electron chi connectivity index (χ1n) is 12.8. The number of carbonyl (C=O) groups is 3. The molecule has 1 N–H and O–H groups in total. The second-order valence-corrected chi connectivity index (χ2v) is 10.2. The lowest BCUT2D eigenvalue weighted by Crippen LogP contribution is -2.29. The van der Waals surface area contributed by atoms with Crippen molar-refractivity contribution in [1.29, 1.82) is 0 Å². The van der Waals surface area contributed by atoms with Crippen LogP contribution in [0.1, 0.15) is 66.1 Å².